The van der Waals surface area contributed by atoms with Crippen molar-refractivity contribution in [1.82, 2.24) is 0 Å². The van der Waals surface area contributed by atoms with Crippen LogP contribution in [0.5, 0.6) is 0 Å². The highest BCUT2D eigenvalue weighted by molar-refractivity contribution is 5.75. The fourth-order valence-electron chi connectivity index (χ4n) is 4.08. The van der Waals surface area contributed by atoms with Crippen LogP contribution in [0.3, 0.4) is 0 Å². The summed E-state index contributed by atoms with van der Waals surface area (Å²) in [4.78, 5) is 35.2. The van der Waals surface area contributed by atoms with Crippen molar-refractivity contribution in [2.75, 3.05) is 7.11 Å². The summed E-state index contributed by atoms with van der Waals surface area (Å²) in [7, 11) is 0.921. The van der Waals surface area contributed by atoms with Gasteiger partial charge in [-0.25, -0.2) is 14.4 Å². The maximum absolute atomic E-state index is 11.9. The van der Waals surface area contributed by atoms with Crippen molar-refractivity contribution >= 4 is 17.9 Å². The molecule has 3 rings (SSSR count). The Hall–Kier alpha value is -2.11. The van der Waals surface area contributed by atoms with Crippen molar-refractivity contribution in [1.29, 1.82) is 0 Å². The molecule has 218 valence electrons. The van der Waals surface area contributed by atoms with Crippen molar-refractivity contribution in [3.63, 3.8) is 0 Å². The molecule has 0 radical (unpaired) electrons. The Morgan fingerprint density at radius 3 is 1.45 bits per heavy atom. The predicted molar refractivity (Wildman–Crippen MR) is 107 cm³/mol. The van der Waals surface area contributed by atoms with E-state index in [1.807, 2.05) is 0 Å². The van der Waals surface area contributed by atoms with Gasteiger partial charge in [0.15, 0.2) is 37.2 Å². The van der Waals surface area contributed by atoms with Gasteiger partial charge in [-0.3, -0.25) is 0 Å². The van der Waals surface area contributed by atoms with Gasteiger partial charge in [0.2, 0.25) is 0 Å². The quantitative estimate of drug-likeness (QED) is 0.129. The molecule has 10 N–H and O–H groups in total. The van der Waals surface area contributed by atoms with Gasteiger partial charge in [-0.2, -0.15) is 0 Å². The average molecular weight is 560 g/mol. The standard InChI is InChI=1S/C19H28O19/c1-33-17(32)11-3(21)2(20)7(25)18(37-11)36-10-5(23)8(26)19(38-13(10)15(29)30)35-9-4(22)6(24)16(31)34-12(9)14(27)28/h2-13,16,18-26,31H,1H3,(H,27,28)(H,29,30)/t2-,3+,4+,5+,6+,7+,8+,9+,10+,11-,12-,13-,16+,18-,19-/m0/s1. The topological polar surface area (TPSA) is 309 Å². The summed E-state index contributed by atoms with van der Waals surface area (Å²) in [5.41, 5.74) is 0. The Labute approximate surface area is 211 Å². The maximum atomic E-state index is 11.9. The Morgan fingerprint density at radius 1 is 0.553 bits per heavy atom. The summed E-state index contributed by atoms with van der Waals surface area (Å²) in [6, 6.07) is 0. The third-order valence-corrected chi connectivity index (χ3v) is 6.18. The van der Waals surface area contributed by atoms with E-state index < -0.39 is 110 Å². The largest absolute Gasteiger partial charge is 0.479 e. The van der Waals surface area contributed by atoms with E-state index in [1.165, 1.54) is 0 Å². The number of methoxy groups -OCH3 is 1. The number of carbonyl (C=O) groups excluding carboxylic acids is 1. The molecule has 0 unspecified atom stereocenters. The van der Waals surface area contributed by atoms with Crippen molar-refractivity contribution in [3.8, 4) is 0 Å². The number of aliphatic hydroxyl groups excluding tert-OH is 8. The molecule has 0 aromatic heterocycles. The van der Waals surface area contributed by atoms with Crippen LogP contribution in [0.25, 0.3) is 0 Å². The minimum absolute atomic E-state index is 0.921. The Bertz CT molecular complexity index is 869. The first kappa shape index (κ1) is 30.4. The molecule has 38 heavy (non-hydrogen) atoms. The first-order valence-corrected chi connectivity index (χ1v) is 11.0. The van der Waals surface area contributed by atoms with Gasteiger partial charge in [0.1, 0.15) is 54.9 Å². The minimum atomic E-state index is -2.26. The van der Waals surface area contributed by atoms with Crippen LogP contribution in [0.1, 0.15) is 0 Å². The molecule has 0 saturated carbocycles. The second-order valence-corrected chi connectivity index (χ2v) is 8.63. The van der Waals surface area contributed by atoms with Crippen LogP contribution in [-0.2, 0) is 42.8 Å². The summed E-state index contributed by atoms with van der Waals surface area (Å²) in [6.07, 6.45) is -31.7. The number of aliphatic carboxylic acids is 2. The van der Waals surface area contributed by atoms with Crippen LogP contribution < -0.4 is 0 Å². The van der Waals surface area contributed by atoms with Gasteiger partial charge in [-0.1, -0.05) is 0 Å². The van der Waals surface area contributed by atoms with E-state index in [9.17, 15) is 65.4 Å². The van der Waals surface area contributed by atoms with Gasteiger partial charge in [-0.05, 0) is 0 Å². The van der Waals surface area contributed by atoms with E-state index in [4.69, 9.17) is 18.9 Å². The Kier molecular flexibility index (Phi) is 9.58. The highest BCUT2D eigenvalue weighted by Crippen LogP contribution is 2.32. The van der Waals surface area contributed by atoms with Crippen LogP contribution in [0.15, 0.2) is 0 Å². The molecule has 3 aliphatic heterocycles. The van der Waals surface area contributed by atoms with Gasteiger partial charge >= 0.3 is 17.9 Å². The molecule has 3 fully saturated rings. The number of carboxylic acid groups (broad SMARTS) is 2. The lowest BCUT2D eigenvalue weighted by Gasteiger charge is -2.46. The number of rotatable bonds is 7. The molecule has 19 nitrogen and oxygen atoms in total. The van der Waals surface area contributed by atoms with Gasteiger partial charge in [-0.15, -0.1) is 0 Å². The maximum Gasteiger partial charge on any atom is 0.337 e. The number of carboxylic acids is 2. The molecule has 0 aromatic carbocycles. The Morgan fingerprint density at radius 2 is 0.974 bits per heavy atom. The van der Waals surface area contributed by atoms with Crippen LogP contribution in [0.2, 0.25) is 0 Å². The highest BCUT2D eigenvalue weighted by Gasteiger charge is 2.56. The highest BCUT2D eigenvalue weighted by atomic mass is 16.8. The van der Waals surface area contributed by atoms with Gasteiger partial charge in [0.25, 0.3) is 0 Å². The zero-order valence-electron chi connectivity index (χ0n) is 19.3. The summed E-state index contributed by atoms with van der Waals surface area (Å²) in [5.74, 6) is -4.84. The van der Waals surface area contributed by atoms with Crippen molar-refractivity contribution in [2.24, 2.45) is 0 Å². The third-order valence-electron chi connectivity index (χ3n) is 6.18. The van der Waals surface area contributed by atoms with Gasteiger partial charge in [0.05, 0.1) is 7.11 Å². The van der Waals surface area contributed by atoms with E-state index in [2.05, 4.69) is 9.47 Å². The first-order chi connectivity index (χ1) is 17.7. The smallest absolute Gasteiger partial charge is 0.337 e. The van der Waals surface area contributed by atoms with Crippen LogP contribution in [0.4, 0.5) is 0 Å². The van der Waals surface area contributed by atoms with E-state index in [0.29, 0.717) is 0 Å². The van der Waals surface area contributed by atoms with E-state index in [1.54, 1.807) is 0 Å². The van der Waals surface area contributed by atoms with E-state index in [0.717, 1.165) is 7.11 Å². The van der Waals surface area contributed by atoms with Crippen LogP contribution >= 0.6 is 0 Å². The lowest BCUT2D eigenvalue weighted by molar-refractivity contribution is -0.368. The number of carbonyl (C=O) groups is 3. The molecular weight excluding hydrogens is 532 g/mol. The minimum Gasteiger partial charge on any atom is -0.479 e. The molecule has 0 spiro atoms. The molecule has 0 aliphatic carbocycles. The number of hydrogen-bond acceptors (Lipinski definition) is 17. The summed E-state index contributed by atoms with van der Waals surface area (Å²) in [5, 5.41) is 99.8. The molecular formula is C19H28O19. The fraction of sp³-hybridized carbons (Fsp3) is 0.842. The first-order valence-electron chi connectivity index (χ1n) is 11.0. The fourth-order valence-corrected chi connectivity index (χ4v) is 4.08. The lowest BCUT2D eigenvalue weighted by Crippen LogP contribution is -2.67. The normalized spacial score (nSPS) is 47.8. The molecule has 3 saturated heterocycles. The van der Waals surface area contributed by atoms with Crippen molar-refractivity contribution < 1.29 is 93.9 Å². The van der Waals surface area contributed by atoms with Crippen LogP contribution in [-0.4, -0.2) is 168 Å². The molecule has 0 bridgehead atoms. The molecule has 3 aliphatic rings. The van der Waals surface area contributed by atoms with Crippen molar-refractivity contribution in [2.45, 2.75) is 92.1 Å². The zero-order chi connectivity index (χ0) is 28.6. The molecule has 0 aromatic rings. The predicted octanol–water partition coefficient (Wildman–Crippen LogP) is -7.21. The second-order valence-electron chi connectivity index (χ2n) is 8.63. The molecule has 0 amide bonds. The number of esters is 1. The van der Waals surface area contributed by atoms with Gasteiger partial charge in [0, 0.05) is 0 Å². The van der Waals surface area contributed by atoms with E-state index in [-0.39, 0.29) is 0 Å². The number of aliphatic hydroxyl groups is 8. The van der Waals surface area contributed by atoms with E-state index >= 15 is 0 Å². The third kappa shape index (κ3) is 5.74. The SMILES string of the molecule is COC(=O)[C@H]1O[C@H](O[C@@H]2[C@H](O)[C@@H](O)[C@@H](O[C@@H]3[C@H](O)[C@@H](O)[C@H](O)O[C@@H]3C(=O)O)O[C@@H]2C(=O)O)[C@H](O)[C@@H](O)[C@H]1O. The number of hydrogen-bond donors (Lipinski definition) is 10. The lowest BCUT2D eigenvalue weighted by atomic mass is 9.95. The second kappa shape index (κ2) is 12.0. The van der Waals surface area contributed by atoms with Gasteiger partial charge < -0.3 is 79.5 Å². The molecule has 15 atom stereocenters. The van der Waals surface area contributed by atoms with Crippen molar-refractivity contribution in [3.05, 3.63) is 0 Å². The monoisotopic (exact) mass is 560 g/mol. The zero-order valence-corrected chi connectivity index (χ0v) is 19.3. The average Bonchev–Trinajstić information content (AvgIpc) is 2.87. The summed E-state index contributed by atoms with van der Waals surface area (Å²) in [6.45, 7) is 0. The molecule has 19 heteroatoms. The summed E-state index contributed by atoms with van der Waals surface area (Å²) >= 11 is 0. The van der Waals surface area contributed by atoms with Crippen LogP contribution in [0, 0.1) is 0 Å². The summed E-state index contributed by atoms with van der Waals surface area (Å²) < 4.78 is 29.6. The molecule has 3 heterocycles. The Balaban J connectivity index is 1.81. The number of ether oxygens (including phenoxy) is 6.